The van der Waals surface area contributed by atoms with Crippen LogP contribution >= 0.6 is 0 Å². The van der Waals surface area contributed by atoms with Crippen molar-refractivity contribution in [2.75, 3.05) is 19.6 Å². The van der Waals surface area contributed by atoms with E-state index in [4.69, 9.17) is 0 Å². The molecule has 1 saturated heterocycles. The Morgan fingerprint density at radius 2 is 1.72 bits per heavy atom. The third-order valence-electron chi connectivity index (χ3n) is 5.07. The predicted octanol–water partition coefficient (Wildman–Crippen LogP) is 3.15. The Balaban J connectivity index is 1.86. The summed E-state index contributed by atoms with van der Waals surface area (Å²) in [7, 11) is 0. The van der Waals surface area contributed by atoms with Gasteiger partial charge in [-0.2, -0.15) is 0 Å². The molecule has 5 atom stereocenters. The lowest BCUT2D eigenvalue weighted by molar-refractivity contribution is 0.0137. The van der Waals surface area contributed by atoms with Crippen LogP contribution in [-0.4, -0.2) is 35.7 Å². The van der Waals surface area contributed by atoms with Crippen molar-refractivity contribution < 1.29 is 5.11 Å². The SMILES string of the molecule is CCC1CCC(O)C(CN2CC(C)CC(C)C2)C1. The van der Waals surface area contributed by atoms with E-state index in [1.807, 2.05) is 0 Å². The fourth-order valence-corrected chi connectivity index (χ4v) is 4.19. The second-order valence-electron chi connectivity index (χ2n) is 7.08. The topological polar surface area (TPSA) is 23.5 Å². The number of rotatable bonds is 3. The van der Waals surface area contributed by atoms with Crippen molar-refractivity contribution in [3.63, 3.8) is 0 Å². The summed E-state index contributed by atoms with van der Waals surface area (Å²) in [6.45, 7) is 10.6. The highest BCUT2D eigenvalue weighted by atomic mass is 16.3. The third kappa shape index (κ3) is 3.71. The molecule has 1 saturated carbocycles. The fraction of sp³-hybridized carbons (Fsp3) is 1.00. The Morgan fingerprint density at radius 3 is 2.33 bits per heavy atom. The molecular weight excluding hydrogens is 222 g/mol. The van der Waals surface area contributed by atoms with E-state index >= 15 is 0 Å². The van der Waals surface area contributed by atoms with Crippen LogP contribution in [0.1, 0.15) is 52.9 Å². The van der Waals surface area contributed by atoms with Gasteiger partial charge in [0, 0.05) is 19.6 Å². The Bertz CT molecular complexity index is 245. The minimum Gasteiger partial charge on any atom is -0.393 e. The van der Waals surface area contributed by atoms with Gasteiger partial charge in [0.05, 0.1) is 6.10 Å². The molecule has 2 rings (SSSR count). The summed E-state index contributed by atoms with van der Waals surface area (Å²) < 4.78 is 0. The molecule has 0 aromatic carbocycles. The molecule has 0 bridgehead atoms. The van der Waals surface area contributed by atoms with Crippen molar-refractivity contribution >= 4 is 0 Å². The largest absolute Gasteiger partial charge is 0.393 e. The van der Waals surface area contributed by atoms with Crippen LogP contribution in [0.2, 0.25) is 0 Å². The van der Waals surface area contributed by atoms with Gasteiger partial charge in [0.2, 0.25) is 0 Å². The summed E-state index contributed by atoms with van der Waals surface area (Å²) in [5.41, 5.74) is 0. The fourth-order valence-electron chi connectivity index (χ4n) is 4.19. The molecule has 0 aromatic rings. The first-order valence-corrected chi connectivity index (χ1v) is 7.98. The van der Waals surface area contributed by atoms with Gasteiger partial charge in [0.1, 0.15) is 0 Å². The van der Waals surface area contributed by atoms with Gasteiger partial charge in [-0.15, -0.1) is 0 Å². The first-order valence-electron chi connectivity index (χ1n) is 7.98. The Hall–Kier alpha value is -0.0800. The number of nitrogens with zero attached hydrogens (tertiary/aromatic N) is 1. The molecule has 1 aliphatic carbocycles. The highest BCUT2D eigenvalue weighted by Gasteiger charge is 2.31. The number of aliphatic hydroxyl groups excluding tert-OH is 1. The molecular formula is C16H31NO. The zero-order valence-electron chi connectivity index (χ0n) is 12.4. The quantitative estimate of drug-likeness (QED) is 0.835. The molecule has 2 nitrogen and oxygen atoms in total. The van der Waals surface area contributed by atoms with Crippen LogP contribution in [0, 0.1) is 23.7 Å². The lowest BCUT2D eigenvalue weighted by atomic mass is 9.77. The van der Waals surface area contributed by atoms with E-state index in [1.54, 1.807) is 0 Å². The highest BCUT2D eigenvalue weighted by Crippen LogP contribution is 2.33. The number of likely N-dealkylation sites (tertiary alicyclic amines) is 1. The second-order valence-corrected chi connectivity index (χ2v) is 7.08. The van der Waals surface area contributed by atoms with Crippen LogP contribution in [0.15, 0.2) is 0 Å². The molecule has 2 heteroatoms. The number of piperidine rings is 1. The van der Waals surface area contributed by atoms with Gasteiger partial charge >= 0.3 is 0 Å². The van der Waals surface area contributed by atoms with Gasteiger partial charge in [0.25, 0.3) is 0 Å². The number of hydrogen-bond donors (Lipinski definition) is 1. The monoisotopic (exact) mass is 253 g/mol. The van der Waals surface area contributed by atoms with Gasteiger partial charge in [-0.1, -0.05) is 27.2 Å². The predicted molar refractivity (Wildman–Crippen MR) is 76.5 cm³/mol. The molecule has 2 aliphatic rings. The van der Waals surface area contributed by atoms with Crippen molar-refractivity contribution in [3.05, 3.63) is 0 Å². The van der Waals surface area contributed by atoms with E-state index in [9.17, 15) is 5.11 Å². The summed E-state index contributed by atoms with van der Waals surface area (Å²) >= 11 is 0. The second kappa shape index (κ2) is 6.38. The van der Waals surface area contributed by atoms with Crippen molar-refractivity contribution in [1.29, 1.82) is 0 Å². The normalized spacial score (nSPS) is 43.0. The maximum Gasteiger partial charge on any atom is 0.0580 e. The van der Waals surface area contributed by atoms with Gasteiger partial charge in [-0.25, -0.2) is 0 Å². The van der Waals surface area contributed by atoms with Crippen molar-refractivity contribution in [3.8, 4) is 0 Å². The molecule has 18 heavy (non-hydrogen) atoms. The van der Waals surface area contributed by atoms with Crippen LogP contribution in [0.5, 0.6) is 0 Å². The van der Waals surface area contributed by atoms with E-state index in [0.29, 0.717) is 5.92 Å². The standard InChI is InChI=1S/C16H31NO/c1-4-14-5-6-16(18)15(8-14)11-17-9-12(2)7-13(3)10-17/h12-16,18H,4-11H2,1-3H3. The molecule has 106 valence electrons. The van der Waals surface area contributed by atoms with Crippen molar-refractivity contribution in [1.82, 2.24) is 4.90 Å². The summed E-state index contributed by atoms with van der Waals surface area (Å²) in [5, 5.41) is 10.2. The van der Waals surface area contributed by atoms with Crippen LogP contribution < -0.4 is 0 Å². The van der Waals surface area contributed by atoms with Crippen LogP contribution in [-0.2, 0) is 0 Å². The van der Waals surface area contributed by atoms with E-state index < -0.39 is 0 Å². The van der Waals surface area contributed by atoms with Crippen molar-refractivity contribution in [2.45, 2.75) is 59.0 Å². The van der Waals surface area contributed by atoms with Crippen LogP contribution in [0.4, 0.5) is 0 Å². The molecule has 2 fully saturated rings. The molecule has 0 aromatic heterocycles. The zero-order chi connectivity index (χ0) is 13.1. The summed E-state index contributed by atoms with van der Waals surface area (Å²) in [4.78, 5) is 2.62. The molecule has 0 radical (unpaired) electrons. The van der Waals surface area contributed by atoms with E-state index in [1.165, 1.54) is 38.8 Å². The van der Waals surface area contributed by atoms with Gasteiger partial charge in [-0.3, -0.25) is 0 Å². The van der Waals surface area contributed by atoms with Gasteiger partial charge in [0.15, 0.2) is 0 Å². The molecule has 1 aliphatic heterocycles. The summed E-state index contributed by atoms with van der Waals surface area (Å²) in [6, 6.07) is 0. The Morgan fingerprint density at radius 1 is 1.06 bits per heavy atom. The minimum absolute atomic E-state index is 0.0414. The van der Waals surface area contributed by atoms with E-state index in [0.717, 1.165) is 30.7 Å². The molecule has 0 spiro atoms. The van der Waals surface area contributed by atoms with Gasteiger partial charge in [-0.05, 0) is 49.4 Å². The smallest absolute Gasteiger partial charge is 0.0580 e. The highest BCUT2D eigenvalue weighted by molar-refractivity contribution is 4.84. The molecule has 5 unspecified atom stereocenters. The number of aliphatic hydroxyl groups is 1. The Kier molecular flexibility index (Phi) is 5.08. The first kappa shape index (κ1) is 14.3. The lowest BCUT2D eigenvalue weighted by Gasteiger charge is -2.40. The average molecular weight is 253 g/mol. The van der Waals surface area contributed by atoms with E-state index in [2.05, 4.69) is 25.7 Å². The zero-order valence-corrected chi connectivity index (χ0v) is 12.4. The maximum absolute atomic E-state index is 10.2. The number of hydrogen-bond acceptors (Lipinski definition) is 2. The third-order valence-corrected chi connectivity index (χ3v) is 5.07. The minimum atomic E-state index is -0.0414. The average Bonchev–Trinajstić information content (AvgIpc) is 2.30. The van der Waals surface area contributed by atoms with Crippen LogP contribution in [0.3, 0.4) is 0 Å². The molecule has 1 heterocycles. The molecule has 0 amide bonds. The van der Waals surface area contributed by atoms with E-state index in [-0.39, 0.29) is 6.10 Å². The van der Waals surface area contributed by atoms with Gasteiger partial charge < -0.3 is 10.0 Å². The first-order chi connectivity index (χ1) is 8.58. The Labute approximate surface area is 113 Å². The van der Waals surface area contributed by atoms with Crippen molar-refractivity contribution in [2.24, 2.45) is 23.7 Å². The van der Waals surface area contributed by atoms with Crippen LogP contribution in [0.25, 0.3) is 0 Å². The summed E-state index contributed by atoms with van der Waals surface area (Å²) in [5.74, 6) is 3.05. The lowest BCUT2D eigenvalue weighted by Crippen LogP contribution is -2.45. The molecule has 1 N–H and O–H groups in total. The maximum atomic E-state index is 10.2. The summed E-state index contributed by atoms with van der Waals surface area (Å²) in [6.07, 6.45) is 6.14.